The quantitative estimate of drug-likeness (QED) is 0.303. The molecule has 0 aliphatic heterocycles. The lowest BCUT2D eigenvalue weighted by molar-refractivity contribution is 0.242. The summed E-state index contributed by atoms with van der Waals surface area (Å²) < 4.78 is 11.0. The number of carbonyl (C=O) groups is 1. The molecule has 0 aromatic heterocycles. The molecule has 2 amide bonds. The van der Waals surface area contributed by atoms with Crippen molar-refractivity contribution in [2.24, 2.45) is 5.84 Å². The lowest BCUT2D eigenvalue weighted by Crippen LogP contribution is -2.48. The van der Waals surface area contributed by atoms with Crippen LogP contribution in [0.25, 0.3) is 0 Å². The number of nitrogens with one attached hydrogen (secondary N) is 1. The second-order valence-electron chi connectivity index (χ2n) is 5.83. The summed E-state index contributed by atoms with van der Waals surface area (Å²) in [5.41, 5.74) is 6.90. The van der Waals surface area contributed by atoms with Gasteiger partial charge in [0.2, 0.25) is 0 Å². The third-order valence-electron chi connectivity index (χ3n) is 4.09. The van der Waals surface area contributed by atoms with E-state index in [1.165, 1.54) is 0 Å². The molecule has 0 spiro atoms. The summed E-state index contributed by atoms with van der Waals surface area (Å²) in [4.78, 5) is 12.2. The minimum absolute atomic E-state index is 0.108. The minimum atomic E-state index is -0.337. The van der Waals surface area contributed by atoms with Crippen molar-refractivity contribution < 1.29 is 14.3 Å². The van der Waals surface area contributed by atoms with Crippen LogP contribution in [0.5, 0.6) is 17.2 Å². The van der Waals surface area contributed by atoms with Crippen LogP contribution in [0.3, 0.4) is 0 Å². The van der Waals surface area contributed by atoms with Crippen LogP contribution in [0.2, 0.25) is 0 Å². The number of hydrogen-bond donors (Lipinski definition) is 3. The predicted octanol–water partition coefficient (Wildman–Crippen LogP) is 3.65. The fourth-order valence-corrected chi connectivity index (χ4v) is 2.42. The van der Waals surface area contributed by atoms with Gasteiger partial charge in [0.15, 0.2) is 0 Å². The number of nitrogens with two attached hydrogens (primary N) is 2. The Labute approximate surface area is 153 Å². The van der Waals surface area contributed by atoms with Gasteiger partial charge in [-0.2, -0.15) is 0 Å². The molecule has 0 fully saturated rings. The average Bonchev–Trinajstić information content (AvgIpc) is 2.67. The fraction of sp³-hybridized carbons (Fsp3) is 0.316. The van der Waals surface area contributed by atoms with Crippen molar-refractivity contribution in [3.8, 4) is 17.2 Å². The molecule has 140 valence electrons. The highest BCUT2D eigenvalue weighted by atomic mass is 16.5. The maximum atomic E-state index is 12.2. The summed E-state index contributed by atoms with van der Waals surface area (Å²) in [6, 6.07) is 11.9. The van der Waals surface area contributed by atoms with Crippen LogP contribution >= 0.6 is 0 Å². The van der Waals surface area contributed by atoms with Gasteiger partial charge in [-0.05, 0) is 49.2 Å². The minimum Gasteiger partial charge on any atom is -0.494 e. The zero-order chi connectivity index (χ0) is 19.1. The van der Waals surface area contributed by atoms with Crippen LogP contribution < -0.4 is 31.4 Å². The molecule has 2 rings (SSSR count). The molecular formula is C19H26N4O3. The Bertz CT molecular complexity index is 730. The van der Waals surface area contributed by atoms with E-state index in [2.05, 4.69) is 5.32 Å². The number of amides is 2. The van der Waals surface area contributed by atoms with E-state index in [9.17, 15) is 4.79 Å². The summed E-state index contributed by atoms with van der Waals surface area (Å²) in [7, 11) is 1.55. The number of rotatable bonds is 7. The number of methoxy groups -OCH3 is 1. The number of carbonyl (C=O) groups excluding carboxylic acids is 1. The van der Waals surface area contributed by atoms with Gasteiger partial charge in [-0.1, -0.05) is 13.8 Å². The summed E-state index contributed by atoms with van der Waals surface area (Å²) in [5, 5.41) is 3.98. The third-order valence-corrected chi connectivity index (χ3v) is 4.09. The lowest BCUT2D eigenvalue weighted by atomic mass is 10.2. The van der Waals surface area contributed by atoms with Gasteiger partial charge in [-0.3, -0.25) is 0 Å². The van der Waals surface area contributed by atoms with E-state index in [0.717, 1.165) is 17.9 Å². The highest BCUT2D eigenvalue weighted by Gasteiger charge is 2.15. The number of nitrogen functional groups attached to an aromatic ring is 1. The highest BCUT2D eigenvalue weighted by Crippen LogP contribution is 2.30. The first kappa shape index (κ1) is 19.4. The van der Waals surface area contributed by atoms with Crippen LogP contribution in [0.4, 0.5) is 16.2 Å². The first-order chi connectivity index (χ1) is 12.5. The third kappa shape index (κ3) is 4.80. The van der Waals surface area contributed by atoms with Crippen LogP contribution in [0.15, 0.2) is 42.5 Å². The van der Waals surface area contributed by atoms with Gasteiger partial charge in [-0.15, -0.1) is 0 Å². The molecule has 2 aromatic rings. The Balaban J connectivity index is 2.04. The molecule has 0 bridgehead atoms. The number of ether oxygens (including phenoxy) is 2. The second kappa shape index (κ2) is 8.96. The Morgan fingerprint density at radius 2 is 1.73 bits per heavy atom. The van der Waals surface area contributed by atoms with Gasteiger partial charge in [0, 0.05) is 12.1 Å². The molecule has 7 nitrogen and oxygen atoms in total. The Morgan fingerprint density at radius 1 is 1.12 bits per heavy atom. The summed E-state index contributed by atoms with van der Waals surface area (Å²) in [6.07, 6.45) is 1.71. The normalized spacial score (nSPS) is 10.5. The van der Waals surface area contributed by atoms with Crippen molar-refractivity contribution in [1.29, 1.82) is 0 Å². The van der Waals surface area contributed by atoms with Crippen molar-refractivity contribution in [1.82, 2.24) is 5.32 Å². The fourth-order valence-electron chi connectivity index (χ4n) is 2.42. The predicted molar refractivity (Wildman–Crippen MR) is 103 cm³/mol. The first-order valence-corrected chi connectivity index (χ1v) is 8.55. The second-order valence-corrected chi connectivity index (χ2v) is 5.83. The molecule has 7 heteroatoms. The van der Waals surface area contributed by atoms with Gasteiger partial charge in [0.25, 0.3) is 0 Å². The van der Waals surface area contributed by atoms with E-state index in [0.29, 0.717) is 28.6 Å². The van der Waals surface area contributed by atoms with E-state index in [1.54, 1.807) is 49.6 Å². The van der Waals surface area contributed by atoms with Crippen molar-refractivity contribution in [3.63, 3.8) is 0 Å². The zero-order valence-electron chi connectivity index (χ0n) is 15.4. The monoisotopic (exact) mass is 358 g/mol. The summed E-state index contributed by atoms with van der Waals surface area (Å²) in [6.45, 7) is 4.04. The highest BCUT2D eigenvalue weighted by molar-refractivity contribution is 5.90. The van der Waals surface area contributed by atoms with Crippen LogP contribution in [0.1, 0.15) is 26.7 Å². The van der Waals surface area contributed by atoms with Gasteiger partial charge >= 0.3 is 6.03 Å². The van der Waals surface area contributed by atoms with Gasteiger partial charge in [-0.25, -0.2) is 15.6 Å². The van der Waals surface area contributed by atoms with Crippen molar-refractivity contribution >= 4 is 17.4 Å². The number of benzene rings is 2. The van der Waals surface area contributed by atoms with E-state index in [1.807, 2.05) is 13.8 Å². The maximum Gasteiger partial charge on any atom is 0.336 e. The standard InChI is InChI=1S/C19H26N4O3/c1-4-13(5-2)22-19(24)23(21)14-6-8-15(9-7-14)26-16-10-11-17(20)18(12-16)25-3/h6-13H,4-5,20-21H2,1-3H3,(H,22,24). The molecule has 0 heterocycles. The largest absolute Gasteiger partial charge is 0.494 e. The maximum absolute atomic E-state index is 12.2. The van der Waals surface area contributed by atoms with Gasteiger partial charge in [0.1, 0.15) is 17.2 Å². The van der Waals surface area contributed by atoms with Crippen LogP contribution in [0, 0.1) is 0 Å². The van der Waals surface area contributed by atoms with Crippen LogP contribution in [-0.4, -0.2) is 19.2 Å². The van der Waals surface area contributed by atoms with E-state index in [4.69, 9.17) is 21.1 Å². The molecular weight excluding hydrogens is 332 g/mol. The molecule has 0 saturated carbocycles. The van der Waals surface area contributed by atoms with Crippen molar-refractivity contribution in [3.05, 3.63) is 42.5 Å². The summed E-state index contributed by atoms with van der Waals surface area (Å²) in [5.74, 6) is 7.65. The lowest BCUT2D eigenvalue weighted by Gasteiger charge is -2.21. The molecule has 0 saturated heterocycles. The smallest absolute Gasteiger partial charge is 0.336 e. The summed E-state index contributed by atoms with van der Waals surface area (Å²) >= 11 is 0. The molecule has 2 aromatic carbocycles. The molecule has 0 radical (unpaired) electrons. The zero-order valence-corrected chi connectivity index (χ0v) is 15.4. The van der Waals surface area contributed by atoms with E-state index in [-0.39, 0.29) is 12.1 Å². The van der Waals surface area contributed by atoms with Crippen LogP contribution in [-0.2, 0) is 0 Å². The Kier molecular flexibility index (Phi) is 6.68. The molecule has 0 aliphatic rings. The van der Waals surface area contributed by atoms with Gasteiger partial charge < -0.3 is 20.5 Å². The Hall–Kier alpha value is -2.93. The number of hydrogen-bond acceptors (Lipinski definition) is 5. The SMILES string of the molecule is CCC(CC)NC(=O)N(N)c1ccc(Oc2ccc(N)c(OC)c2)cc1. The van der Waals surface area contributed by atoms with Gasteiger partial charge in [0.05, 0.1) is 18.5 Å². The molecule has 0 atom stereocenters. The number of urea groups is 1. The molecule has 0 aliphatic carbocycles. The van der Waals surface area contributed by atoms with E-state index < -0.39 is 0 Å². The first-order valence-electron chi connectivity index (χ1n) is 8.55. The number of nitrogens with zero attached hydrogens (tertiary/aromatic N) is 1. The molecule has 5 N–H and O–H groups in total. The topological polar surface area (TPSA) is 103 Å². The average molecular weight is 358 g/mol. The number of hydrazine groups is 1. The van der Waals surface area contributed by atoms with Crippen molar-refractivity contribution in [2.75, 3.05) is 17.9 Å². The number of anilines is 2. The Morgan fingerprint density at radius 3 is 2.31 bits per heavy atom. The molecule has 26 heavy (non-hydrogen) atoms. The molecule has 0 unspecified atom stereocenters. The van der Waals surface area contributed by atoms with E-state index >= 15 is 0 Å². The van der Waals surface area contributed by atoms with Crippen molar-refractivity contribution in [2.45, 2.75) is 32.7 Å².